The molecule has 0 fully saturated rings. The standard InChI is InChI=1S/C12H28OSi/c1-9-14(10-2,12(6,7)8)13-11(3,4)5/h9-10H2,1-8H3. The molecule has 1 nitrogen and oxygen atoms in total. The van der Waals surface area contributed by atoms with Crippen molar-refractivity contribution in [3.8, 4) is 0 Å². The highest BCUT2D eigenvalue weighted by Gasteiger charge is 2.45. The van der Waals surface area contributed by atoms with Crippen molar-refractivity contribution < 1.29 is 4.43 Å². The zero-order valence-corrected chi connectivity index (χ0v) is 12.3. The van der Waals surface area contributed by atoms with E-state index in [0.717, 1.165) is 0 Å². The zero-order valence-electron chi connectivity index (χ0n) is 11.3. The van der Waals surface area contributed by atoms with Crippen molar-refractivity contribution in [3.05, 3.63) is 0 Å². The van der Waals surface area contributed by atoms with Gasteiger partial charge < -0.3 is 4.43 Å². The van der Waals surface area contributed by atoms with Crippen LogP contribution in [0.1, 0.15) is 55.4 Å². The van der Waals surface area contributed by atoms with E-state index in [4.69, 9.17) is 4.43 Å². The Morgan fingerprint density at radius 3 is 1.29 bits per heavy atom. The predicted octanol–water partition coefficient (Wildman–Crippen LogP) is 4.59. The van der Waals surface area contributed by atoms with Crippen LogP contribution in [0.4, 0.5) is 0 Å². The van der Waals surface area contributed by atoms with Gasteiger partial charge in [-0.2, -0.15) is 0 Å². The van der Waals surface area contributed by atoms with Crippen molar-refractivity contribution in [2.24, 2.45) is 0 Å². The van der Waals surface area contributed by atoms with Gasteiger partial charge in [0.2, 0.25) is 0 Å². The largest absolute Gasteiger partial charge is 0.412 e. The van der Waals surface area contributed by atoms with Gasteiger partial charge in [0.1, 0.15) is 0 Å². The van der Waals surface area contributed by atoms with E-state index in [2.05, 4.69) is 55.4 Å². The first-order valence-electron chi connectivity index (χ1n) is 5.78. The summed E-state index contributed by atoms with van der Waals surface area (Å²) in [6.45, 7) is 18.1. The third-order valence-corrected chi connectivity index (χ3v) is 9.03. The highest BCUT2D eigenvalue weighted by molar-refractivity contribution is 6.76. The molecule has 14 heavy (non-hydrogen) atoms. The Hall–Kier alpha value is 0.177. The molecular formula is C12H28OSi. The maximum atomic E-state index is 6.43. The molecule has 0 saturated heterocycles. The number of hydrogen-bond acceptors (Lipinski definition) is 1. The lowest BCUT2D eigenvalue weighted by atomic mass is 10.2. The van der Waals surface area contributed by atoms with E-state index >= 15 is 0 Å². The highest BCUT2D eigenvalue weighted by Crippen LogP contribution is 2.44. The second kappa shape index (κ2) is 4.36. The monoisotopic (exact) mass is 216 g/mol. The summed E-state index contributed by atoms with van der Waals surface area (Å²) in [4.78, 5) is 0. The summed E-state index contributed by atoms with van der Waals surface area (Å²) in [5.74, 6) is 0. The van der Waals surface area contributed by atoms with Gasteiger partial charge in [0.25, 0.3) is 0 Å². The molecule has 2 heteroatoms. The molecule has 0 aromatic rings. The van der Waals surface area contributed by atoms with Crippen LogP contribution in [0.3, 0.4) is 0 Å². The Morgan fingerprint density at radius 1 is 0.857 bits per heavy atom. The molecule has 0 aromatic heterocycles. The van der Waals surface area contributed by atoms with E-state index in [1.807, 2.05) is 0 Å². The normalized spacial score (nSPS) is 14.6. The fourth-order valence-electron chi connectivity index (χ4n) is 2.19. The molecule has 0 saturated carbocycles. The summed E-state index contributed by atoms with van der Waals surface area (Å²) in [5, 5.41) is 0.337. The van der Waals surface area contributed by atoms with Gasteiger partial charge in [0.15, 0.2) is 8.32 Å². The fourth-order valence-corrected chi connectivity index (χ4v) is 6.58. The third-order valence-electron chi connectivity index (χ3n) is 3.01. The molecule has 0 aromatic carbocycles. The van der Waals surface area contributed by atoms with Gasteiger partial charge in [-0.3, -0.25) is 0 Å². The second-order valence-electron chi connectivity index (χ2n) is 6.17. The summed E-state index contributed by atoms with van der Waals surface area (Å²) in [5.41, 5.74) is 0.00548. The molecule has 0 amide bonds. The lowest BCUT2D eigenvalue weighted by Gasteiger charge is -2.45. The van der Waals surface area contributed by atoms with E-state index in [0.29, 0.717) is 5.04 Å². The molecule has 0 atom stereocenters. The SMILES string of the molecule is CC[Si](CC)(OC(C)(C)C)C(C)(C)C. The van der Waals surface area contributed by atoms with E-state index in [-0.39, 0.29) is 5.60 Å². The van der Waals surface area contributed by atoms with Gasteiger partial charge in [-0.15, -0.1) is 0 Å². The predicted molar refractivity (Wildman–Crippen MR) is 67.3 cm³/mol. The average Bonchev–Trinajstić information content (AvgIpc) is 1.96. The highest BCUT2D eigenvalue weighted by atomic mass is 28.4. The van der Waals surface area contributed by atoms with Crippen LogP contribution in [-0.4, -0.2) is 13.9 Å². The van der Waals surface area contributed by atoms with Crippen LogP contribution in [-0.2, 0) is 4.43 Å². The third kappa shape index (κ3) is 3.39. The molecule has 0 bridgehead atoms. The van der Waals surface area contributed by atoms with Gasteiger partial charge in [0.05, 0.1) is 0 Å². The van der Waals surface area contributed by atoms with Gasteiger partial charge in [-0.05, 0) is 37.9 Å². The first-order valence-corrected chi connectivity index (χ1v) is 8.10. The van der Waals surface area contributed by atoms with Crippen molar-refractivity contribution in [2.45, 2.75) is 78.1 Å². The second-order valence-corrected chi connectivity index (χ2v) is 11.3. The Kier molecular flexibility index (Phi) is 4.41. The Morgan fingerprint density at radius 2 is 1.21 bits per heavy atom. The van der Waals surface area contributed by atoms with Crippen LogP contribution in [0.2, 0.25) is 17.1 Å². The number of hydrogen-bond donors (Lipinski definition) is 0. The minimum atomic E-state index is -1.58. The topological polar surface area (TPSA) is 9.23 Å². The van der Waals surface area contributed by atoms with Gasteiger partial charge in [-0.1, -0.05) is 34.6 Å². The van der Waals surface area contributed by atoms with Gasteiger partial charge in [-0.25, -0.2) is 0 Å². The molecule has 0 radical (unpaired) electrons. The Labute approximate surface area is 91.4 Å². The smallest absolute Gasteiger partial charge is 0.198 e. The molecule has 0 unspecified atom stereocenters. The van der Waals surface area contributed by atoms with Crippen molar-refractivity contribution in [1.29, 1.82) is 0 Å². The van der Waals surface area contributed by atoms with Crippen LogP contribution in [0.5, 0.6) is 0 Å². The lowest BCUT2D eigenvalue weighted by Crippen LogP contribution is -2.50. The van der Waals surface area contributed by atoms with E-state index in [1.54, 1.807) is 0 Å². The van der Waals surface area contributed by atoms with Crippen LogP contribution >= 0.6 is 0 Å². The minimum Gasteiger partial charge on any atom is -0.412 e. The van der Waals surface area contributed by atoms with Crippen molar-refractivity contribution >= 4 is 8.32 Å². The zero-order chi connectivity index (χ0) is 11.6. The molecule has 0 heterocycles. The minimum absolute atomic E-state index is 0.00548. The maximum absolute atomic E-state index is 6.43. The molecule has 0 rings (SSSR count). The van der Waals surface area contributed by atoms with Crippen molar-refractivity contribution in [3.63, 3.8) is 0 Å². The lowest BCUT2D eigenvalue weighted by molar-refractivity contribution is 0.107. The van der Waals surface area contributed by atoms with Crippen LogP contribution in [0, 0.1) is 0 Å². The van der Waals surface area contributed by atoms with Crippen molar-refractivity contribution in [1.82, 2.24) is 0 Å². The van der Waals surface area contributed by atoms with Crippen LogP contribution in [0.15, 0.2) is 0 Å². The quantitative estimate of drug-likeness (QED) is 0.627. The first-order chi connectivity index (χ1) is 6.08. The number of rotatable bonds is 3. The molecule has 0 N–H and O–H groups in total. The Bertz CT molecular complexity index is 170. The van der Waals surface area contributed by atoms with Crippen molar-refractivity contribution in [2.75, 3.05) is 0 Å². The molecule has 0 spiro atoms. The summed E-state index contributed by atoms with van der Waals surface area (Å²) < 4.78 is 6.43. The van der Waals surface area contributed by atoms with Gasteiger partial charge >= 0.3 is 0 Å². The summed E-state index contributed by atoms with van der Waals surface area (Å²) >= 11 is 0. The fraction of sp³-hybridized carbons (Fsp3) is 1.00. The van der Waals surface area contributed by atoms with Crippen LogP contribution < -0.4 is 0 Å². The van der Waals surface area contributed by atoms with E-state index in [1.165, 1.54) is 12.1 Å². The summed E-state index contributed by atoms with van der Waals surface area (Å²) in [7, 11) is -1.58. The Balaban J connectivity index is 4.91. The molecule has 0 aliphatic rings. The maximum Gasteiger partial charge on any atom is 0.198 e. The van der Waals surface area contributed by atoms with E-state index < -0.39 is 8.32 Å². The molecule has 0 aliphatic heterocycles. The molecule has 86 valence electrons. The average molecular weight is 216 g/mol. The van der Waals surface area contributed by atoms with E-state index in [9.17, 15) is 0 Å². The van der Waals surface area contributed by atoms with Crippen LogP contribution in [0.25, 0.3) is 0 Å². The molecule has 0 aliphatic carbocycles. The molecular weight excluding hydrogens is 188 g/mol. The first kappa shape index (κ1) is 14.2. The summed E-state index contributed by atoms with van der Waals surface area (Å²) in [6.07, 6.45) is 0. The van der Waals surface area contributed by atoms with Gasteiger partial charge in [0, 0.05) is 5.60 Å². The summed E-state index contributed by atoms with van der Waals surface area (Å²) in [6, 6.07) is 2.43.